The molecule has 2 amide bonds. The van der Waals surface area contributed by atoms with Gasteiger partial charge in [0.15, 0.2) is 0 Å². The van der Waals surface area contributed by atoms with Gasteiger partial charge in [-0.15, -0.1) is 0 Å². The van der Waals surface area contributed by atoms with Crippen LogP contribution in [0.2, 0.25) is 0 Å². The maximum atomic E-state index is 12.5. The molecular weight excluding hydrogens is 286 g/mol. The van der Waals surface area contributed by atoms with Crippen molar-refractivity contribution in [2.75, 3.05) is 13.1 Å². The highest BCUT2D eigenvalue weighted by Crippen LogP contribution is 2.31. The fraction of sp³-hybridized carbons (Fsp3) is 0.368. The number of likely N-dealkylation sites (tertiary alicyclic amines) is 1. The number of nitrogens with zero attached hydrogens (tertiary/aromatic N) is 2. The molecule has 2 heterocycles. The third-order valence-electron chi connectivity index (χ3n) is 4.38. The summed E-state index contributed by atoms with van der Waals surface area (Å²) in [5.41, 5.74) is 3.69. The van der Waals surface area contributed by atoms with Gasteiger partial charge >= 0.3 is 6.03 Å². The first-order valence-corrected chi connectivity index (χ1v) is 8.24. The third kappa shape index (κ3) is 3.89. The van der Waals surface area contributed by atoms with Gasteiger partial charge in [-0.1, -0.05) is 29.8 Å². The zero-order valence-electron chi connectivity index (χ0n) is 13.5. The summed E-state index contributed by atoms with van der Waals surface area (Å²) < 4.78 is 0. The van der Waals surface area contributed by atoms with Crippen molar-refractivity contribution in [3.05, 3.63) is 65.5 Å². The molecule has 4 heteroatoms. The third-order valence-corrected chi connectivity index (χ3v) is 4.38. The molecule has 120 valence electrons. The van der Waals surface area contributed by atoms with E-state index in [0.29, 0.717) is 6.54 Å². The molecule has 1 fully saturated rings. The Labute approximate surface area is 137 Å². The molecule has 1 aliphatic heterocycles. The van der Waals surface area contributed by atoms with E-state index in [1.165, 1.54) is 16.7 Å². The molecule has 3 rings (SSSR count). The Hall–Kier alpha value is -2.36. The molecule has 1 N–H and O–H groups in total. The molecule has 1 aromatic heterocycles. The summed E-state index contributed by atoms with van der Waals surface area (Å²) in [6.07, 6.45) is 6.53. The lowest BCUT2D eigenvalue weighted by molar-refractivity contribution is 0.193. The first kappa shape index (κ1) is 15.5. The first-order valence-electron chi connectivity index (χ1n) is 8.24. The van der Waals surface area contributed by atoms with E-state index in [1.807, 2.05) is 17.0 Å². The van der Waals surface area contributed by atoms with Crippen LogP contribution < -0.4 is 5.32 Å². The summed E-state index contributed by atoms with van der Waals surface area (Å²) in [6, 6.07) is 12.6. The SMILES string of the molecule is Cc1cccc(CCNC(=O)N2CCCC2c2ccncc2)c1. The van der Waals surface area contributed by atoms with Gasteiger partial charge < -0.3 is 10.2 Å². The smallest absolute Gasteiger partial charge is 0.317 e. The predicted octanol–water partition coefficient (Wildman–Crippen LogP) is 3.48. The van der Waals surface area contributed by atoms with Crippen LogP contribution in [0.25, 0.3) is 0 Å². The molecule has 0 radical (unpaired) electrons. The number of aromatic nitrogens is 1. The highest BCUT2D eigenvalue weighted by molar-refractivity contribution is 5.75. The Kier molecular flexibility index (Phi) is 4.91. The molecule has 23 heavy (non-hydrogen) atoms. The summed E-state index contributed by atoms with van der Waals surface area (Å²) in [4.78, 5) is 18.5. The van der Waals surface area contributed by atoms with Crippen LogP contribution in [0.4, 0.5) is 4.79 Å². The number of pyridine rings is 1. The van der Waals surface area contributed by atoms with E-state index in [1.54, 1.807) is 12.4 Å². The van der Waals surface area contributed by atoms with Crippen LogP contribution in [-0.4, -0.2) is 29.0 Å². The highest BCUT2D eigenvalue weighted by Gasteiger charge is 2.29. The minimum absolute atomic E-state index is 0.0389. The maximum Gasteiger partial charge on any atom is 0.317 e. The van der Waals surface area contributed by atoms with E-state index in [2.05, 4.69) is 41.5 Å². The standard InChI is InChI=1S/C19H23N3O/c1-15-4-2-5-16(14-15)7-12-21-19(23)22-13-3-6-18(22)17-8-10-20-11-9-17/h2,4-5,8-11,14,18H,3,6-7,12-13H2,1H3,(H,21,23). The second-order valence-electron chi connectivity index (χ2n) is 6.10. The summed E-state index contributed by atoms with van der Waals surface area (Å²) in [6.45, 7) is 3.58. The van der Waals surface area contributed by atoms with Crippen molar-refractivity contribution in [3.8, 4) is 0 Å². The number of hydrogen-bond acceptors (Lipinski definition) is 2. The molecule has 1 atom stereocenters. The van der Waals surface area contributed by atoms with E-state index in [9.17, 15) is 4.79 Å². The lowest BCUT2D eigenvalue weighted by Gasteiger charge is -2.25. The van der Waals surface area contributed by atoms with Crippen LogP contribution in [-0.2, 0) is 6.42 Å². The van der Waals surface area contributed by atoms with Gasteiger partial charge in [0, 0.05) is 25.5 Å². The lowest BCUT2D eigenvalue weighted by Crippen LogP contribution is -2.40. The molecule has 1 unspecified atom stereocenters. The Bertz CT molecular complexity index is 657. The molecule has 4 nitrogen and oxygen atoms in total. The molecule has 1 aromatic carbocycles. The van der Waals surface area contributed by atoms with Gasteiger partial charge in [0.2, 0.25) is 0 Å². The topological polar surface area (TPSA) is 45.2 Å². The maximum absolute atomic E-state index is 12.5. The Balaban J connectivity index is 1.55. The molecule has 2 aromatic rings. The van der Waals surface area contributed by atoms with Gasteiger partial charge in [-0.25, -0.2) is 4.79 Å². The largest absolute Gasteiger partial charge is 0.338 e. The summed E-state index contributed by atoms with van der Waals surface area (Å²) in [5, 5.41) is 3.06. The number of amides is 2. The van der Waals surface area contributed by atoms with Gasteiger partial charge in [0.1, 0.15) is 0 Å². The minimum atomic E-state index is 0.0389. The van der Waals surface area contributed by atoms with Crippen LogP contribution >= 0.6 is 0 Å². The van der Waals surface area contributed by atoms with Crippen molar-refractivity contribution < 1.29 is 4.79 Å². The first-order chi connectivity index (χ1) is 11.2. The molecule has 1 aliphatic rings. The number of hydrogen-bond donors (Lipinski definition) is 1. The van der Waals surface area contributed by atoms with E-state index in [0.717, 1.165) is 25.8 Å². The van der Waals surface area contributed by atoms with E-state index in [-0.39, 0.29) is 12.1 Å². The average molecular weight is 309 g/mol. The van der Waals surface area contributed by atoms with E-state index < -0.39 is 0 Å². The molecule has 0 saturated carbocycles. The monoisotopic (exact) mass is 309 g/mol. The Morgan fingerprint density at radius 1 is 1.30 bits per heavy atom. The van der Waals surface area contributed by atoms with E-state index >= 15 is 0 Å². The zero-order valence-corrected chi connectivity index (χ0v) is 13.5. The van der Waals surface area contributed by atoms with Crippen molar-refractivity contribution in [1.29, 1.82) is 0 Å². The molecular formula is C19H23N3O. The highest BCUT2D eigenvalue weighted by atomic mass is 16.2. The molecule has 0 bridgehead atoms. The van der Waals surface area contributed by atoms with Gasteiger partial charge in [-0.05, 0) is 49.4 Å². The van der Waals surface area contributed by atoms with Crippen molar-refractivity contribution in [3.63, 3.8) is 0 Å². The summed E-state index contributed by atoms with van der Waals surface area (Å²) >= 11 is 0. The van der Waals surface area contributed by atoms with Crippen LogP contribution in [0, 0.1) is 6.92 Å². The van der Waals surface area contributed by atoms with Crippen LogP contribution in [0.3, 0.4) is 0 Å². The van der Waals surface area contributed by atoms with Gasteiger partial charge in [-0.2, -0.15) is 0 Å². The summed E-state index contributed by atoms with van der Waals surface area (Å²) in [7, 11) is 0. The zero-order chi connectivity index (χ0) is 16.1. The quantitative estimate of drug-likeness (QED) is 0.940. The number of carbonyl (C=O) groups is 1. The molecule has 0 spiro atoms. The Morgan fingerprint density at radius 3 is 2.91 bits per heavy atom. The number of carbonyl (C=O) groups excluding carboxylic acids is 1. The Morgan fingerprint density at radius 2 is 2.13 bits per heavy atom. The fourth-order valence-electron chi connectivity index (χ4n) is 3.22. The van der Waals surface area contributed by atoms with Gasteiger partial charge in [0.25, 0.3) is 0 Å². The number of aryl methyl sites for hydroxylation is 1. The van der Waals surface area contributed by atoms with Gasteiger partial charge in [0.05, 0.1) is 6.04 Å². The number of rotatable bonds is 4. The fourth-order valence-corrected chi connectivity index (χ4v) is 3.22. The molecule has 0 aliphatic carbocycles. The summed E-state index contributed by atoms with van der Waals surface area (Å²) in [5.74, 6) is 0. The lowest BCUT2D eigenvalue weighted by atomic mass is 10.1. The number of nitrogens with one attached hydrogen (secondary N) is 1. The molecule has 1 saturated heterocycles. The number of benzene rings is 1. The van der Waals surface area contributed by atoms with Crippen molar-refractivity contribution in [2.45, 2.75) is 32.2 Å². The van der Waals surface area contributed by atoms with Crippen LogP contribution in [0.5, 0.6) is 0 Å². The second kappa shape index (κ2) is 7.27. The minimum Gasteiger partial charge on any atom is -0.338 e. The van der Waals surface area contributed by atoms with Crippen LogP contribution in [0.1, 0.15) is 35.6 Å². The predicted molar refractivity (Wildman–Crippen MR) is 91.2 cm³/mol. The van der Waals surface area contributed by atoms with Gasteiger partial charge in [-0.3, -0.25) is 4.98 Å². The van der Waals surface area contributed by atoms with Crippen molar-refractivity contribution >= 4 is 6.03 Å². The normalized spacial score (nSPS) is 17.3. The number of urea groups is 1. The van der Waals surface area contributed by atoms with Crippen LogP contribution in [0.15, 0.2) is 48.8 Å². The van der Waals surface area contributed by atoms with Crippen molar-refractivity contribution in [2.24, 2.45) is 0 Å². The second-order valence-corrected chi connectivity index (χ2v) is 6.10. The van der Waals surface area contributed by atoms with E-state index in [4.69, 9.17) is 0 Å². The van der Waals surface area contributed by atoms with Crippen molar-refractivity contribution in [1.82, 2.24) is 15.2 Å². The average Bonchev–Trinajstić information content (AvgIpc) is 3.05.